The van der Waals surface area contributed by atoms with E-state index in [0.29, 0.717) is 10.2 Å². The Bertz CT molecular complexity index is 574. The predicted octanol–water partition coefficient (Wildman–Crippen LogP) is 3.26. The van der Waals surface area contributed by atoms with Gasteiger partial charge in [0, 0.05) is 17.7 Å². The van der Waals surface area contributed by atoms with Gasteiger partial charge in [-0.1, -0.05) is 15.9 Å². The molecule has 0 radical (unpaired) electrons. The molecule has 0 aliphatic rings. The van der Waals surface area contributed by atoms with Crippen molar-refractivity contribution in [1.82, 2.24) is 4.98 Å². The maximum atomic E-state index is 13.6. The molecule has 18 heavy (non-hydrogen) atoms. The molecule has 0 aliphatic heterocycles. The Labute approximate surface area is 112 Å². The van der Waals surface area contributed by atoms with E-state index in [1.54, 1.807) is 37.6 Å². The van der Waals surface area contributed by atoms with E-state index in [4.69, 9.17) is 0 Å². The third kappa shape index (κ3) is 2.56. The summed E-state index contributed by atoms with van der Waals surface area (Å²) in [7, 11) is 1.58. The Morgan fingerprint density at radius 2 is 2.17 bits per heavy atom. The van der Waals surface area contributed by atoms with Gasteiger partial charge < -0.3 is 4.90 Å². The first-order valence-corrected chi connectivity index (χ1v) is 6.02. The summed E-state index contributed by atoms with van der Waals surface area (Å²) in [5, 5.41) is 0. The van der Waals surface area contributed by atoms with Gasteiger partial charge in [-0.3, -0.25) is 9.78 Å². The molecular formula is C13H10BrFN2O. The Morgan fingerprint density at radius 3 is 2.83 bits per heavy atom. The van der Waals surface area contributed by atoms with E-state index in [1.165, 1.54) is 17.0 Å². The van der Waals surface area contributed by atoms with E-state index in [9.17, 15) is 9.18 Å². The quantitative estimate of drug-likeness (QED) is 0.853. The number of carbonyl (C=O) groups is 1. The minimum atomic E-state index is -0.543. The fourth-order valence-electron chi connectivity index (χ4n) is 1.51. The molecule has 1 aromatic heterocycles. The first-order valence-electron chi connectivity index (χ1n) is 5.22. The maximum Gasteiger partial charge on any atom is 0.261 e. The number of hydrogen-bond donors (Lipinski definition) is 0. The third-order valence-electron chi connectivity index (χ3n) is 2.50. The van der Waals surface area contributed by atoms with E-state index in [-0.39, 0.29) is 5.56 Å². The van der Waals surface area contributed by atoms with Crippen LogP contribution in [0, 0.1) is 5.82 Å². The van der Waals surface area contributed by atoms with Crippen molar-refractivity contribution in [3.05, 3.63) is 58.6 Å². The molecule has 1 aromatic carbocycles. The monoisotopic (exact) mass is 308 g/mol. The molecule has 0 fully saturated rings. The zero-order chi connectivity index (χ0) is 13.1. The van der Waals surface area contributed by atoms with E-state index in [0.717, 1.165) is 0 Å². The van der Waals surface area contributed by atoms with Gasteiger partial charge in [-0.15, -0.1) is 0 Å². The summed E-state index contributed by atoms with van der Waals surface area (Å²) in [4.78, 5) is 17.4. The first kappa shape index (κ1) is 12.7. The van der Waals surface area contributed by atoms with Gasteiger partial charge in [-0.25, -0.2) is 4.39 Å². The molecule has 0 atom stereocenters. The van der Waals surface area contributed by atoms with Crippen molar-refractivity contribution in [2.45, 2.75) is 0 Å². The van der Waals surface area contributed by atoms with E-state index in [2.05, 4.69) is 20.9 Å². The van der Waals surface area contributed by atoms with Gasteiger partial charge in [-0.05, 0) is 30.3 Å². The molecular weight excluding hydrogens is 299 g/mol. The highest BCUT2D eigenvalue weighted by molar-refractivity contribution is 9.10. The molecule has 0 aliphatic carbocycles. The normalized spacial score (nSPS) is 10.2. The molecule has 2 rings (SSSR count). The molecule has 0 bridgehead atoms. The SMILES string of the molecule is CN(C(=O)c1cc(Br)ccc1F)c1cccnc1. The number of rotatable bonds is 2. The van der Waals surface area contributed by atoms with Crippen molar-refractivity contribution in [3.8, 4) is 0 Å². The fourth-order valence-corrected chi connectivity index (χ4v) is 1.87. The van der Waals surface area contributed by atoms with Gasteiger partial charge in [0.2, 0.25) is 0 Å². The molecule has 0 saturated carbocycles. The van der Waals surface area contributed by atoms with Crippen molar-refractivity contribution in [1.29, 1.82) is 0 Å². The number of nitrogens with zero attached hydrogens (tertiary/aromatic N) is 2. The molecule has 0 N–H and O–H groups in total. The number of halogens is 2. The molecule has 92 valence electrons. The average Bonchev–Trinajstić information content (AvgIpc) is 2.41. The van der Waals surface area contributed by atoms with Crippen LogP contribution in [0.4, 0.5) is 10.1 Å². The summed E-state index contributed by atoms with van der Waals surface area (Å²) in [6.45, 7) is 0. The zero-order valence-electron chi connectivity index (χ0n) is 9.60. The summed E-state index contributed by atoms with van der Waals surface area (Å²) in [5.74, 6) is -0.958. The van der Waals surface area contributed by atoms with Crippen LogP contribution in [0.15, 0.2) is 47.2 Å². The topological polar surface area (TPSA) is 33.2 Å². The van der Waals surface area contributed by atoms with Gasteiger partial charge in [0.15, 0.2) is 0 Å². The van der Waals surface area contributed by atoms with Gasteiger partial charge >= 0.3 is 0 Å². The third-order valence-corrected chi connectivity index (χ3v) is 2.99. The number of amides is 1. The lowest BCUT2D eigenvalue weighted by Crippen LogP contribution is -2.27. The van der Waals surface area contributed by atoms with Crippen LogP contribution in [0.25, 0.3) is 0 Å². The smallest absolute Gasteiger partial charge is 0.261 e. The van der Waals surface area contributed by atoms with Gasteiger partial charge in [0.05, 0.1) is 17.4 Å². The highest BCUT2D eigenvalue weighted by Crippen LogP contribution is 2.19. The van der Waals surface area contributed by atoms with Crippen molar-refractivity contribution >= 4 is 27.5 Å². The Balaban J connectivity index is 2.34. The summed E-state index contributed by atoms with van der Waals surface area (Å²) in [6.07, 6.45) is 3.16. The lowest BCUT2D eigenvalue weighted by atomic mass is 10.2. The summed E-state index contributed by atoms with van der Waals surface area (Å²) in [5.41, 5.74) is 0.637. The Hall–Kier alpha value is -1.75. The second kappa shape index (κ2) is 5.27. The highest BCUT2D eigenvalue weighted by atomic mass is 79.9. The van der Waals surface area contributed by atoms with Crippen LogP contribution in [-0.2, 0) is 0 Å². The van der Waals surface area contributed by atoms with Crippen LogP contribution in [-0.4, -0.2) is 17.9 Å². The molecule has 2 aromatic rings. The van der Waals surface area contributed by atoms with Crippen molar-refractivity contribution in [2.75, 3.05) is 11.9 Å². The molecule has 1 amide bonds. The first-order chi connectivity index (χ1) is 8.59. The standard InChI is InChI=1S/C13H10BrFN2O/c1-17(10-3-2-6-16-8-10)13(18)11-7-9(14)4-5-12(11)15/h2-8H,1H3. The summed E-state index contributed by atoms with van der Waals surface area (Å²) in [6, 6.07) is 7.73. The van der Waals surface area contributed by atoms with Gasteiger partial charge in [0.1, 0.15) is 5.82 Å². The largest absolute Gasteiger partial charge is 0.310 e. The molecule has 0 unspecified atom stereocenters. The van der Waals surface area contributed by atoms with Gasteiger partial charge in [-0.2, -0.15) is 0 Å². The van der Waals surface area contributed by atoms with Crippen molar-refractivity contribution < 1.29 is 9.18 Å². The number of carbonyl (C=O) groups excluding carboxylic acids is 1. The average molecular weight is 309 g/mol. The van der Waals surface area contributed by atoms with Crippen LogP contribution in [0.5, 0.6) is 0 Å². The Kier molecular flexibility index (Phi) is 3.72. The number of pyridine rings is 1. The minimum absolute atomic E-state index is 0.0238. The van der Waals surface area contributed by atoms with Crippen molar-refractivity contribution in [2.24, 2.45) is 0 Å². The maximum absolute atomic E-state index is 13.6. The minimum Gasteiger partial charge on any atom is -0.310 e. The predicted molar refractivity (Wildman–Crippen MR) is 71.1 cm³/mol. The summed E-state index contributed by atoms with van der Waals surface area (Å²) < 4.78 is 14.3. The van der Waals surface area contributed by atoms with Crippen LogP contribution in [0.3, 0.4) is 0 Å². The van der Waals surface area contributed by atoms with Gasteiger partial charge in [0.25, 0.3) is 5.91 Å². The lowest BCUT2D eigenvalue weighted by Gasteiger charge is -2.17. The summed E-state index contributed by atoms with van der Waals surface area (Å²) >= 11 is 3.22. The van der Waals surface area contributed by atoms with Crippen LogP contribution >= 0.6 is 15.9 Å². The van der Waals surface area contributed by atoms with E-state index >= 15 is 0 Å². The van der Waals surface area contributed by atoms with Crippen LogP contribution in [0.2, 0.25) is 0 Å². The fraction of sp³-hybridized carbons (Fsp3) is 0.0769. The second-order valence-electron chi connectivity index (χ2n) is 3.70. The van der Waals surface area contributed by atoms with E-state index < -0.39 is 11.7 Å². The highest BCUT2D eigenvalue weighted by Gasteiger charge is 2.17. The van der Waals surface area contributed by atoms with Crippen LogP contribution in [0.1, 0.15) is 10.4 Å². The van der Waals surface area contributed by atoms with Crippen molar-refractivity contribution in [3.63, 3.8) is 0 Å². The van der Waals surface area contributed by atoms with E-state index in [1.807, 2.05) is 0 Å². The number of hydrogen-bond acceptors (Lipinski definition) is 2. The number of anilines is 1. The Morgan fingerprint density at radius 1 is 1.39 bits per heavy atom. The number of benzene rings is 1. The zero-order valence-corrected chi connectivity index (χ0v) is 11.2. The molecule has 0 spiro atoms. The van der Waals surface area contributed by atoms with Crippen LogP contribution < -0.4 is 4.90 Å². The molecule has 1 heterocycles. The molecule has 0 saturated heterocycles. The number of aromatic nitrogens is 1. The molecule has 5 heteroatoms. The molecule has 3 nitrogen and oxygen atoms in total. The second-order valence-corrected chi connectivity index (χ2v) is 4.62. The lowest BCUT2D eigenvalue weighted by molar-refractivity contribution is 0.0989.